The molecule has 0 aliphatic rings. The molecule has 0 fully saturated rings. The zero-order valence-corrected chi connectivity index (χ0v) is 7.04. The maximum atomic E-state index is 10.2. The Morgan fingerprint density at radius 2 is 2.46 bits per heavy atom. The molecule has 1 amide bonds. The van der Waals surface area contributed by atoms with Crippen LogP contribution in [0.15, 0.2) is 12.3 Å². The first kappa shape index (κ1) is 9.29. The van der Waals surface area contributed by atoms with E-state index in [0.717, 1.165) is 0 Å². The molecule has 0 aromatic carbocycles. The normalized spacial score (nSPS) is 8.92. The SMILES string of the molecule is N#Cc1cc(Cl)cnc1NC(=O)O. The van der Waals surface area contributed by atoms with Crippen molar-refractivity contribution in [3.8, 4) is 6.07 Å². The summed E-state index contributed by atoms with van der Waals surface area (Å²) in [6.07, 6.45) is -0.0143. The molecule has 1 aromatic rings. The van der Waals surface area contributed by atoms with Crippen LogP contribution in [-0.4, -0.2) is 16.2 Å². The third kappa shape index (κ3) is 2.32. The summed E-state index contributed by atoms with van der Waals surface area (Å²) >= 11 is 5.54. The highest BCUT2D eigenvalue weighted by atomic mass is 35.5. The maximum Gasteiger partial charge on any atom is 0.410 e. The Morgan fingerprint density at radius 1 is 1.77 bits per heavy atom. The number of carboxylic acid groups (broad SMARTS) is 1. The monoisotopic (exact) mass is 197 g/mol. The molecule has 5 nitrogen and oxygen atoms in total. The number of pyridine rings is 1. The van der Waals surface area contributed by atoms with Crippen molar-refractivity contribution < 1.29 is 9.90 Å². The standard InChI is InChI=1S/C7H4ClN3O2/c8-5-1-4(2-9)6(10-3-5)11-7(12)13/h1,3H,(H,10,11)(H,12,13). The molecular formula is C7H4ClN3O2. The van der Waals surface area contributed by atoms with Crippen molar-refractivity contribution in [1.82, 2.24) is 4.98 Å². The molecule has 0 bridgehead atoms. The minimum absolute atomic E-state index is 0.0144. The van der Waals surface area contributed by atoms with Crippen LogP contribution in [0.5, 0.6) is 0 Å². The fraction of sp³-hybridized carbons (Fsp3) is 0. The van der Waals surface area contributed by atoms with Gasteiger partial charge >= 0.3 is 6.09 Å². The molecule has 0 saturated carbocycles. The van der Waals surface area contributed by atoms with Gasteiger partial charge in [-0.25, -0.2) is 9.78 Å². The number of nitrogens with one attached hydrogen (secondary N) is 1. The van der Waals surface area contributed by atoms with E-state index < -0.39 is 6.09 Å². The molecule has 1 rings (SSSR count). The smallest absolute Gasteiger partial charge is 0.410 e. The van der Waals surface area contributed by atoms with Crippen molar-refractivity contribution in [1.29, 1.82) is 5.26 Å². The number of carbonyl (C=O) groups is 1. The Balaban J connectivity index is 3.08. The van der Waals surface area contributed by atoms with Gasteiger partial charge in [0.05, 0.1) is 10.6 Å². The van der Waals surface area contributed by atoms with Crippen LogP contribution in [0, 0.1) is 11.3 Å². The molecule has 13 heavy (non-hydrogen) atoms. The number of hydrogen-bond donors (Lipinski definition) is 2. The van der Waals surface area contributed by atoms with Crippen molar-refractivity contribution in [3.63, 3.8) is 0 Å². The quantitative estimate of drug-likeness (QED) is 0.717. The van der Waals surface area contributed by atoms with Crippen molar-refractivity contribution in [2.24, 2.45) is 0 Å². The number of aromatic nitrogens is 1. The van der Waals surface area contributed by atoms with E-state index >= 15 is 0 Å². The van der Waals surface area contributed by atoms with E-state index in [0.29, 0.717) is 0 Å². The minimum atomic E-state index is -1.27. The zero-order chi connectivity index (χ0) is 9.84. The second kappa shape index (κ2) is 3.74. The molecule has 0 unspecified atom stereocenters. The highest BCUT2D eigenvalue weighted by Gasteiger charge is 2.06. The van der Waals surface area contributed by atoms with Crippen molar-refractivity contribution >= 4 is 23.5 Å². The van der Waals surface area contributed by atoms with E-state index in [-0.39, 0.29) is 16.4 Å². The molecule has 0 aliphatic heterocycles. The number of hydrogen-bond acceptors (Lipinski definition) is 3. The lowest BCUT2D eigenvalue weighted by Gasteiger charge is -2.01. The molecule has 1 heterocycles. The van der Waals surface area contributed by atoms with Crippen LogP contribution in [0.1, 0.15) is 5.56 Å². The van der Waals surface area contributed by atoms with E-state index in [2.05, 4.69) is 4.98 Å². The van der Waals surface area contributed by atoms with Crippen molar-refractivity contribution in [2.45, 2.75) is 0 Å². The largest absolute Gasteiger partial charge is 0.465 e. The lowest BCUT2D eigenvalue weighted by Crippen LogP contribution is -2.10. The summed E-state index contributed by atoms with van der Waals surface area (Å²) in [6, 6.07) is 3.10. The third-order valence-electron chi connectivity index (χ3n) is 1.20. The highest BCUT2D eigenvalue weighted by molar-refractivity contribution is 6.30. The number of nitrogens with zero attached hydrogens (tertiary/aromatic N) is 2. The number of rotatable bonds is 1. The van der Waals surface area contributed by atoms with Crippen LogP contribution in [0.4, 0.5) is 10.6 Å². The second-order valence-corrected chi connectivity index (χ2v) is 2.53. The van der Waals surface area contributed by atoms with E-state index in [4.69, 9.17) is 22.0 Å². The lowest BCUT2D eigenvalue weighted by atomic mass is 10.3. The number of halogens is 1. The molecule has 0 spiro atoms. The number of nitriles is 1. The number of amides is 1. The van der Waals surface area contributed by atoms with E-state index in [1.54, 1.807) is 6.07 Å². The van der Waals surface area contributed by atoms with Gasteiger partial charge in [-0.2, -0.15) is 5.26 Å². The molecule has 0 radical (unpaired) electrons. The predicted octanol–water partition coefficient (Wildman–Crippen LogP) is 1.70. The molecule has 0 aliphatic carbocycles. The summed E-state index contributed by atoms with van der Waals surface area (Å²) in [5.41, 5.74) is 0.0925. The fourth-order valence-corrected chi connectivity index (χ4v) is 0.883. The van der Waals surface area contributed by atoms with Crippen molar-refractivity contribution in [3.05, 3.63) is 22.8 Å². The first-order valence-electron chi connectivity index (χ1n) is 3.19. The predicted molar refractivity (Wildman–Crippen MR) is 45.6 cm³/mol. The summed E-state index contributed by atoms with van der Waals surface area (Å²) in [5.74, 6) is -0.0144. The van der Waals surface area contributed by atoms with Gasteiger partial charge in [0.2, 0.25) is 0 Å². The Hall–Kier alpha value is -1.80. The van der Waals surface area contributed by atoms with Gasteiger partial charge in [0, 0.05) is 6.20 Å². The Bertz CT molecular complexity index is 386. The summed E-state index contributed by atoms with van der Waals surface area (Å²) in [5, 5.41) is 19.2. The van der Waals surface area contributed by atoms with Crippen LogP contribution < -0.4 is 5.32 Å². The third-order valence-corrected chi connectivity index (χ3v) is 1.41. The fourth-order valence-electron chi connectivity index (χ4n) is 0.725. The van der Waals surface area contributed by atoms with Crippen molar-refractivity contribution in [2.75, 3.05) is 5.32 Å². The molecule has 0 atom stereocenters. The van der Waals surface area contributed by atoms with Crippen LogP contribution in [0.25, 0.3) is 0 Å². The molecular weight excluding hydrogens is 194 g/mol. The van der Waals surface area contributed by atoms with Gasteiger partial charge in [-0.3, -0.25) is 5.32 Å². The Labute approximate surface area is 78.6 Å². The first-order valence-corrected chi connectivity index (χ1v) is 3.57. The van der Waals surface area contributed by atoms with Crippen LogP contribution in [-0.2, 0) is 0 Å². The van der Waals surface area contributed by atoms with Crippen LogP contribution in [0.2, 0.25) is 5.02 Å². The zero-order valence-electron chi connectivity index (χ0n) is 6.28. The summed E-state index contributed by atoms with van der Waals surface area (Å²) < 4.78 is 0. The van der Waals surface area contributed by atoms with Crippen LogP contribution >= 0.6 is 11.6 Å². The van der Waals surface area contributed by atoms with E-state index in [1.165, 1.54) is 12.3 Å². The summed E-state index contributed by atoms with van der Waals surface area (Å²) in [4.78, 5) is 13.9. The van der Waals surface area contributed by atoms with Gasteiger partial charge in [0.15, 0.2) is 5.82 Å². The summed E-state index contributed by atoms with van der Waals surface area (Å²) in [7, 11) is 0. The molecule has 6 heteroatoms. The second-order valence-electron chi connectivity index (χ2n) is 2.09. The van der Waals surface area contributed by atoms with E-state index in [9.17, 15) is 4.79 Å². The molecule has 1 aromatic heterocycles. The lowest BCUT2D eigenvalue weighted by molar-refractivity contribution is 0.209. The molecule has 2 N–H and O–H groups in total. The van der Waals surface area contributed by atoms with E-state index in [1.807, 2.05) is 5.32 Å². The number of anilines is 1. The highest BCUT2D eigenvalue weighted by Crippen LogP contribution is 2.15. The van der Waals surface area contributed by atoms with Gasteiger partial charge in [0.1, 0.15) is 6.07 Å². The average Bonchev–Trinajstić information content (AvgIpc) is 2.07. The first-order chi connectivity index (χ1) is 6.13. The average molecular weight is 198 g/mol. The van der Waals surface area contributed by atoms with Gasteiger partial charge in [-0.1, -0.05) is 11.6 Å². The molecule has 66 valence electrons. The Kier molecular flexibility index (Phi) is 2.67. The topological polar surface area (TPSA) is 86.0 Å². The Morgan fingerprint density at radius 3 is 3.00 bits per heavy atom. The maximum absolute atomic E-state index is 10.2. The summed E-state index contributed by atoms with van der Waals surface area (Å²) in [6.45, 7) is 0. The van der Waals surface area contributed by atoms with Crippen LogP contribution in [0.3, 0.4) is 0 Å². The molecule has 0 saturated heterocycles. The van der Waals surface area contributed by atoms with Gasteiger partial charge in [-0.15, -0.1) is 0 Å². The van der Waals surface area contributed by atoms with Gasteiger partial charge in [0.25, 0.3) is 0 Å². The minimum Gasteiger partial charge on any atom is -0.465 e. The van der Waals surface area contributed by atoms with Gasteiger partial charge in [-0.05, 0) is 6.07 Å². The van der Waals surface area contributed by atoms with Gasteiger partial charge < -0.3 is 5.11 Å².